The van der Waals surface area contributed by atoms with Gasteiger partial charge in [0.1, 0.15) is 5.69 Å². The predicted molar refractivity (Wildman–Crippen MR) is 125 cm³/mol. The molecule has 0 radical (unpaired) electrons. The molecule has 31 heavy (non-hydrogen) atoms. The molecular formula is C24H21BrN2O3S. The largest absolute Gasteiger partial charge is 0.606 e. The van der Waals surface area contributed by atoms with Crippen molar-refractivity contribution >= 4 is 44.6 Å². The van der Waals surface area contributed by atoms with E-state index < -0.39 is 11.2 Å². The summed E-state index contributed by atoms with van der Waals surface area (Å²) in [6.45, 7) is 4.18. The van der Waals surface area contributed by atoms with E-state index in [-0.39, 0.29) is 17.9 Å². The van der Waals surface area contributed by atoms with Crippen LogP contribution in [0.2, 0.25) is 0 Å². The summed E-state index contributed by atoms with van der Waals surface area (Å²) in [4.78, 5) is 28.7. The summed E-state index contributed by atoms with van der Waals surface area (Å²) in [5.41, 5.74) is 2.32. The lowest BCUT2D eigenvalue weighted by atomic mass is 10.1. The third-order valence-electron chi connectivity index (χ3n) is 5.31. The fourth-order valence-corrected chi connectivity index (χ4v) is 5.24. The van der Waals surface area contributed by atoms with E-state index in [0.29, 0.717) is 33.2 Å². The van der Waals surface area contributed by atoms with Gasteiger partial charge in [-0.25, -0.2) is 0 Å². The number of fused-ring (bicyclic) bond motifs is 2. The van der Waals surface area contributed by atoms with Crippen LogP contribution in [0.5, 0.6) is 0 Å². The smallest absolute Gasteiger partial charge is 0.263 e. The van der Waals surface area contributed by atoms with Gasteiger partial charge in [-0.3, -0.25) is 9.59 Å². The first-order chi connectivity index (χ1) is 14.9. The second-order valence-electron chi connectivity index (χ2n) is 7.24. The number of nitrogens with zero attached hydrogens (tertiary/aromatic N) is 1. The minimum atomic E-state index is -1.51. The highest BCUT2D eigenvalue weighted by molar-refractivity contribution is 9.10. The van der Waals surface area contributed by atoms with E-state index in [0.717, 1.165) is 10.0 Å². The SMILES string of the molecule is CCN1C(=O)c2ccccc2[S+]([O-])c2ccc(C(=O)NC(C)c3ccc(Br)cc3)cc21. The van der Waals surface area contributed by atoms with Gasteiger partial charge in [-0.1, -0.05) is 40.2 Å². The van der Waals surface area contributed by atoms with Gasteiger partial charge >= 0.3 is 0 Å². The molecule has 3 aromatic rings. The van der Waals surface area contributed by atoms with Crippen molar-refractivity contribution in [2.45, 2.75) is 29.7 Å². The Hall–Kier alpha value is -2.61. The molecule has 158 valence electrons. The normalized spacial score (nSPS) is 16.2. The Morgan fingerprint density at radius 1 is 1.10 bits per heavy atom. The third kappa shape index (κ3) is 4.13. The minimum absolute atomic E-state index is 0.193. The second kappa shape index (κ2) is 8.86. The molecule has 0 fully saturated rings. The Kier molecular flexibility index (Phi) is 6.18. The van der Waals surface area contributed by atoms with E-state index in [1.54, 1.807) is 47.4 Å². The zero-order chi connectivity index (χ0) is 22.1. The van der Waals surface area contributed by atoms with Crippen LogP contribution in [-0.4, -0.2) is 22.9 Å². The molecule has 7 heteroatoms. The highest BCUT2D eigenvalue weighted by atomic mass is 79.9. The van der Waals surface area contributed by atoms with E-state index in [1.165, 1.54) is 0 Å². The number of amides is 2. The van der Waals surface area contributed by atoms with Crippen LogP contribution in [0, 0.1) is 0 Å². The first kappa shape index (κ1) is 21.6. The molecule has 1 N–H and O–H groups in total. The molecule has 1 heterocycles. The van der Waals surface area contributed by atoms with Crippen LogP contribution in [0.15, 0.2) is 81.0 Å². The molecular weight excluding hydrogens is 476 g/mol. The van der Waals surface area contributed by atoms with E-state index in [1.807, 2.05) is 38.1 Å². The average molecular weight is 497 g/mol. The highest BCUT2D eigenvalue weighted by Crippen LogP contribution is 2.37. The van der Waals surface area contributed by atoms with E-state index >= 15 is 0 Å². The number of hydrogen-bond donors (Lipinski definition) is 1. The molecule has 0 aromatic heterocycles. The van der Waals surface area contributed by atoms with Crippen molar-refractivity contribution in [3.05, 3.63) is 87.9 Å². The van der Waals surface area contributed by atoms with Gasteiger partial charge in [0.2, 0.25) is 0 Å². The number of carbonyl (C=O) groups is 2. The average Bonchev–Trinajstić information content (AvgIpc) is 2.87. The Balaban J connectivity index is 1.67. The molecule has 0 bridgehead atoms. The molecule has 4 rings (SSSR count). The number of hydrogen-bond acceptors (Lipinski definition) is 3. The van der Waals surface area contributed by atoms with Gasteiger partial charge < -0.3 is 14.8 Å². The zero-order valence-electron chi connectivity index (χ0n) is 17.1. The molecule has 2 unspecified atom stereocenters. The van der Waals surface area contributed by atoms with Gasteiger partial charge in [0.15, 0.2) is 9.79 Å². The van der Waals surface area contributed by atoms with E-state index in [4.69, 9.17) is 0 Å². The van der Waals surface area contributed by atoms with Gasteiger partial charge in [0.05, 0.1) is 11.6 Å². The van der Waals surface area contributed by atoms with Crippen molar-refractivity contribution in [1.82, 2.24) is 5.32 Å². The summed E-state index contributed by atoms with van der Waals surface area (Å²) in [5.74, 6) is -0.472. The van der Waals surface area contributed by atoms with E-state index in [9.17, 15) is 14.1 Å². The van der Waals surface area contributed by atoms with Crippen LogP contribution >= 0.6 is 15.9 Å². The van der Waals surface area contributed by atoms with Crippen LogP contribution in [0.1, 0.15) is 46.2 Å². The monoisotopic (exact) mass is 496 g/mol. The summed E-state index contributed by atoms with van der Waals surface area (Å²) in [6.07, 6.45) is 0. The number of nitrogens with one attached hydrogen (secondary N) is 1. The molecule has 0 spiro atoms. The fourth-order valence-electron chi connectivity index (χ4n) is 3.63. The first-order valence-electron chi connectivity index (χ1n) is 9.93. The first-order valence-corrected chi connectivity index (χ1v) is 11.9. The number of halogens is 1. The van der Waals surface area contributed by atoms with Gasteiger partial charge in [0, 0.05) is 27.8 Å². The van der Waals surface area contributed by atoms with Gasteiger partial charge in [-0.15, -0.1) is 0 Å². The van der Waals surface area contributed by atoms with Crippen molar-refractivity contribution in [2.24, 2.45) is 0 Å². The summed E-state index contributed by atoms with van der Waals surface area (Å²) < 4.78 is 14.2. The number of anilines is 1. The molecule has 2 atom stereocenters. The summed E-state index contributed by atoms with van der Waals surface area (Å²) in [5, 5.41) is 2.99. The van der Waals surface area contributed by atoms with Crippen molar-refractivity contribution in [1.29, 1.82) is 0 Å². The van der Waals surface area contributed by atoms with Crippen molar-refractivity contribution in [3.63, 3.8) is 0 Å². The lowest BCUT2D eigenvalue weighted by Gasteiger charge is -2.21. The second-order valence-corrected chi connectivity index (χ2v) is 9.58. The van der Waals surface area contributed by atoms with Gasteiger partial charge in [0.25, 0.3) is 11.8 Å². The Labute approximate surface area is 192 Å². The lowest BCUT2D eigenvalue weighted by Crippen LogP contribution is -2.31. The van der Waals surface area contributed by atoms with Crippen LogP contribution < -0.4 is 10.2 Å². The number of carbonyl (C=O) groups excluding carboxylic acids is 2. The maximum absolute atomic E-state index is 13.2. The molecule has 0 aliphatic carbocycles. The van der Waals surface area contributed by atoms with Crippen molar-refractivity contribution < 1.29 is 14.1 Å². The predicted octanol–water partition coefficient (Wildman–Crippen LogP) is 5.09. The van der Waals surface area contributed by atoms with E-state index in [2.05, 4.69) is 21.2 Å². The molecule has 0 saturated heterocycles. The summed E-state index contributed by atoms with van der Waals surface area (Å²) >= 11 is 1.90. The molecule has 1 aliphatic heterocycles. The van der Waals surface area contributed by atoms with Crippen LogP contribution in [0.4, 0.5) is 5.69 Å². The maximum Gasteiger partial charge on any atom is 0.263 e. The molecule has 2 amide bonds. The molecule has 5 nitrogen and oxygen atoms in total. The standard InChI is InChI=1S/C24H21BrN2O3S/c1-3-27-20-14-17(23(28)26-15(2)16-8-11-18(25)12-9-16)10-13-22(20)31(30)21-7-5-4-6-19(21)24(27)29/h4-15H,3H2,1-2H3,(H,26,28). The molecule has 3 aromatic carbocycles. The van der Waals surface area contributed by atoms with Crippen LogP contribution in [0.3, 0.4) is 0 Å². The van der Waals surface area contributed by atoms with Gasteiger partial charge in [-0.05, 0) is 61.9 Å². The van der Waals surface area contributed by atoms with Crippen molar-refractivity contribution in [2.75, 3.05) is 11.4 Å². The molecule has 1 aliphatic rings. The third-order valence-corrected chi connectivity index (χ3v) is 7.34. The Morgan fingerprint density at radius 2 is 1.81 bits per heavy atom. The zero-order valence-corrected chi connectivity index (χ0v) is 19.5. The number of rotatable bonds is 4. The fraction of sp³-hybridized carbons (Fsp3) is 0.167. The topological polar surface area (TPSA) is 72.5 Å². The Morgan fingerprint density at radius 3 is 2.52 bits per heavy atom. The Bertz CT molecular complexity index is 1150. The highest BCUT2D eigenvalue weighted by Gasteiger charge is 2.35. The summed E-state index contributed by atoms with van der Waals surface area (Å²) in [6, 6.07) is 19.5. The number of benzene rings is 3. The quantitative estimate of drug-likeness (QED) is 0.511. The van der Waals surface area contributed by atoms with Crippen LogP contribution in [0.25, 0.3) is 0 Å². The van der Waals surface area contributed by atoms with Crippen LogP contribution in [-0.2, 0) is 11.2 Å². The maximum atomic E-state index is 13.2. The summed E-state index contributed by atoms with van der Waals surface area (Å²) in [7, 11) is 0. The van der Waals surface area contributed by atoms with Gasteiger partial charge in [-0.2, -0.15) is 0 Å². The minimum Gasteiger partial charge on any atom is -0.606 e. The lowest BCUT2D eigenvalue weighted by molar-refractivity contribution is 0.0937. The molecule has 0 saturated carbocycles. The van der Waals surface area contributed by atoms with Crippen molar-refractivity contribution in [3.8, 4) is 0 Å².